The zero-order chi connectivity index (χ0) is 24.2. The van der Waals surface area contributed by atoms with Crippen LogP contribution in [0.3, 0.4) is 0 Å². The lowest BCUT2D eigenvalue weighted by molar-refractivity contribution is -0.127. The average molecular weight is 472 g/mol. The Bertz CT molecular complexity index is 1340. The third kappa shape index (κ3) is 5.07. The Balaban J connectivity index is 1.27. The van der Waals surface area contributed by atoms with Crippen molar-refractivity contribution in [2.24, 2.45) is 0 Å². The summed E-state index contributed by atoms with van der Waals surface area (Å²) in [4.78, 5) is 21.8. The van der Waals surface area contributed by atoms with Crippen molar-refractivity contribution in [1.29, 1.82) is 0 Å². The van der Waals surface area contributed by atoms with Crippen LogP contribution in [0, 0.1) is 5.82 Å². The van der Waals surface area contributed by atoms with Gasteiger partial charge in [-0.15, -0.1) is 0 Å². The molecule has 0 N–H and O–H groups in total. The number of amides is 1. The second kappa shape index (κ2) is 10.1. The smallest absolute Gasteiger partial charge is 0.246 e. The summed E-state index contributed by atoms with van der Waals surface area (Å²) in [5.41, 5.74) is 3.97. The van der Waals surface area contributed by atoms with E-state index in [-0.39, 0.29) is 11.7 Å². The molecular weight excluding hydrogens is 445 g/mol. The van der Waals surface area contributed by atoms with E-state index in [4.69, 9.17) is 4.74 Å². The maximum Gasteiger partial charge on any atom is 0.246 e. The number of halogens is 1. The molecule has 0 unspecified atom stereocenters. The lowest BCUT2D eigenvalue weighted by atomic mass is 10.1. The van der Waals surface area contributed by atoms with Gasteiger partial charge in [-0.25, -0.2) is 13.9 Å². The molecular formula is C27H26FN5O2. The van der Waals surface area contributed by atoms with Crippen molar-refractivity contribution in [3.8, 4) is 17.0 Å². The molecule has 1 aliphatic rings. The number of rotatable bonds is 6. The van der Waals surface area contributed by atoms with Crippen LogP contribution in [0.15, 0.2) is 72.9 Å². The molecule has 0 saturated carbocycles. The molecule has 4 aromatic rings. The lowest BCUT2D eigenvalue weighted by Crippen LogP contribution is -2.47. The normalized spacial score (nSPS) is 14.6. The number of piperazine rings is 1. The van der Waals surface area contributed by atoms with Crippen LogP contribution < -0.4 is 4.74 Å². The van der Waals surface area contributed by atoms with Gasteiger partial charge in [0.05, 0.1) is 18.5 Å². The largest absolute Gasteiger partial charge is 0.497 e. The Morgan fingerprint density at radius 2 is 1.77 bits per heavy atom. The minimum Gasteiger partial charge on any atom is -0.497 e. The van der Waals surface area contributed by atoms with E-state index in [2.05, 4.69) is 27.1 Å². The minimum atomic E-state index is -0.311. The molecule has 3 heterocycles. The van der Waals surface area contributed by atoms with Crippen molar-refractivity contribution in [2.75, 3.05) is 33.3 Å². The first-order valence-electron chi connectivity index (χ1n) is 11.5. The minimum absolute atomic E-state index is 0.0509. The van der Waals surface area contributed by atoms with Crippen molar-refractivity contribution in [3.05, 3.63) is 90.0 Å². The van der Waals surface area contributed by atoms with Gasteiger partial charge in [0.15, 0.2) is 5.65 Å². The molecule has 1 saturated heterocycles. The number of hydrogen-bond acceptors (Lipinski definition) is 5. The Labute approximate surface area is 203 Å². The van der Waals surface area contributed by atoms with Crippen molar-refractivity contribution in [1.82, 2.24) is 24.4 Å². The van der Waals surface area contributed by atoms with E-state index < -0.39 is 0 Å². The first-order valence-corrected chi connectivity index (χ1v) is 11.5. The fraction of sp³-hybridized carbons (Fsp3) is 0.222. The van der Waals surface area contributed by atoms with Gasteiger partial charge in [-0.2, -0.15) is 5.10 Å². The van der Waals surface area contributed by atoms with Crippen LogP contribution >= 0.6 is 0 Å². The van der Waals surface area contributed by atoms with E-state index >= 15 is 0 Å². The Morgan fingerprint density at radius 3 is 2.49 bits per heavy atom. The molecule has 0 aliphatic carbocycles. The average Bonchev–Trinajstić information content (AvgIpc) is 3.27. The van der Waals surface area contributed by atoms with Crippen molar-refractivity contribution in [2.45, 2.75) is 6.54 Å². The highest BCUT2D eigenvalue weighted by Crippen LogP contribution is 2.25. The number of methoxy groups -OCH3 is 1. The van der Waals surface area contributed by atoms with E-state index in [0.717, 1.165) is 30.9 Å². The number of ether oxygens (including phenoxy) is 1. The van der Waals surface area contributed by atoms with Gasteiger partial charge in [0.25, 0.3) is 0 Å². The van der Waals surface area contributed by atoms with E-state index in [0.29, 0.717) is 30.1 Å². The van der Waals surface area contributed by atoms with Gasteiger partial charge in [-0.05, 0) is 60.2 Å². The number of benzene rings is 2. The van der Waals surface area contributed by atoms with Crippen LogP contribution in [0.2, 0.25) is 0 Å². The quantitative estimate of drug-likeness (QED) is 0.399. The molecule has 0 bridgehead atoms. The van der Waals surface area contributed by atoms with Gasteiger partial charge >= 0.3 is 0 Å². The third-order valence-electron chi connectivity index (χ3n) is 6.18. The van der Waals surface area contributed by atoms with Gasteiger partial charge in [-0.3, -0.25) is 9.69 Å². The summed E-state index contributed by atoms with van der Waals surface area (Å²) in [6, 6.07) is 17.9. The predicted octanol–water partition coefficient (Wildman–Crippen LogP) is 3.90. The molecule has 5 rings (SSSR count). The fourth-order valence-corrected chi connectivity index (χ4v) is 4.25. The molecule has 35 heavy (non-hydrogen) atoms. The van der Waals surface area contributed by atoms with Gasteiger partial charge in [0.2, 0.25) is 5.91 Å². The third-order valence-corrected chi connectivity index (χ3v) is 6.18. The number of carbonyl (C=O) groups is 1. The highest BCUT2D eigenvalue weighted by atomic mass is 19.1. The second-order valence-corrected chi connectivity index (χ2v) is 8.43. The number of carbonyl (C=O) groups excluding carboxylic acids is 1. The first-order chi connectivity index (χ1) is 17.1. The van der Waals surface area contributed by atoms with Crippen molar-refractivity contribution < 1.29 is 13.9 Å². The molecule has 0 radical (unpaired) electrons. The lowest BCUT2D eigenvalue weighted by Gasteiger charge is -2.34. The number of hydrogen-bond donors (Lipinski definition) is 0. The monoisotopic (exact) mass is 471 g/mol. The first kappa shape index (κ1) is 22.7. The SMILES string of the molecule is COc1ccc(CN2CCN(C(=O)/C=C/c3c(-c4ccc(F)cc4)nc4cccnn34)CC2)cc1. The summed E-state index contributed by atoms with van der Waals surface area (Å²) in [6.45, 7) is 3.79. The van der Waals surface area contributed by atoms with E-state index in [1.807, 2.05) is 23.1 Å². The maximum absolute atomic E-state index is 13.4. The molecule has 0 spiro atoms. The number of aromatic nitrogens is 3. The van der Waals surface area contributed by atoms with E-state index in [9.17, 15) is 9.18 Å². The van der Waals surface area contributed by atoms with Crippen molar-refractivity contribution >= 4 is 17.6 Å². The Kier molecular flexibility index (Phi) is 6.54. The topological polar surface area (TPSA) is 63.0 Å². The fourth-order valence-electron chi connectivity index (χ4n) is 4.25. The molecule has 2 aromatic carbocycles. The predicted molar refractivity (Wildman–Crippen MR) is 132 cm³/mol. The summed E-state index contributed by atoms with van der Waals surface area (Å²) in [5.74, 6) is 0.485. The molecule has 178 valence electrons. The summed E-state index contributed by atoms with van der Waals surface area (Å²) in [5, 5.41) is 4.39. The van der Waals surface area contributed by atoms with Gasteiger partial charge < -0.3 is 9.64 Å². The Hall–Kier alpha value is -4.04. The summed E-state index contributed by atoms with van der Waals surface area (Å²) < 4.78 is 20.3. The van der Waals surface area contributed by atoms with Crippen LogP contribution in [0.1, 0.15) is 11.3 Å². The zero-order valence-electron chi connectivity index (χ0n) is 19.5. The summed E-state index contributed by atoms with van der Waals surface area (Å²) in [7, 11) is 1.66. The number of nitrogens with zero attached hydrogens (tertiary/aromatic N) is 5. The van der Waals surface area contributed by atoms with Gasteiger partial charge in [0.1, 0.15) is 11.6 Å². The van der Waals surface area contributed by atoms with Crippen molar-refractivity contribution in [3.63, 3.8) is 0 Å². The van der Waals surface area contributed by atoms with Crippen LogP contribution in [0.4, 0.5) is 4.39 Å². The molecule has 1 aliphatic heterocycles. The van der Waals surface area contributed by atoms with Crippen LogP contribution in [-0.4, -0.2) is 63.6 Å². The van der Waals surface area contributed by atoms with Crippen LogP contribution in [-0.2, 0) is 11.3 Å². The standard InChI is InChI=1S/C27H26FN5O2/c1-35-23-10-4-20(5-11-23)19-31-15-17-32(18-16-31)26(34)13-12-24-27(21-6-8-22(28)9-7-21)30-25-3-2-14-29-33(24)25/h2-14H,15-19H2,1H3/b13-12+. The maximum atomic E-state index is 13.4. The van der Waals surface area contributed by atoms with Gasteiger partial charge in [-0.1, -0.05) is 12.1 Å². The van der Waals surface area contributed by atoms with Gasteiger partial charge in [0, 0.05) is 50.6 Å². The second-order valence-electron chi connectivity index (χ2n) is 8.43. The zero-order valence-corrected chi connectivity index (χ0v) is 19.5. The molecule has 1 amide bonds. The molecule has 0 atom stereocenters. The van der Waals surface area contributed by atoms with Crippen LogP contribution in [0.25, 0.3) is 23.0 Å². The Morgan fingerprint density at radius 1 is 1.03 bits per heavy atom. The van der Waals surface area contributed by atoms with E-state index in [1.54, 1.807) is 48.2 Å². The highest BCUT2D eigenvalue weighted by molar-refractivity contribution is 5.93. The number of fused-ring (bicyclic) bond motifs is 1. The highest BCUT2D eigenvalue weighted by Gasteiger charge is 2.20. The summed E-state index contributed by atoms with van der Waals surface area (Å²) >= 11 is 0. The van der Waals surface area contributed by atoms with E-state index in [1.165, 1.54) is 17.7 Å². The molecule has 1 fully saturated rings. The number of imidazole rings is 1. The molecule has 2 aromatic heterocycles. The van der Waals surface area contributed by atoms with Crippen LogP contribution in [0.5, 0.6) is 5.75 Å². The molecule has 7 nitrogen and oxygen atoms in total. The summed E-state index contributed by atoms with van der Waals surface area (Å²) in [6.07, 6.45) is 4.99. The molecule has 8 heteroatoms.